The monoisotopic (exact) mass is 165 g/mol. The number of aliphatic hydroxyl groups is 1. The molecule has 1 aromatic heterocycles. The highest BCUT2D eigenvalue weighted by atomic mass is 16.3. The third-order valence-corrected chi connectivity index (χ3v) is 1.87. The van der Waals surface area contributed by atoms with Gasteiger partial charge in [-0.05, 0) is 31.0 Å². The summed E-state index contributed by atoms with van der Waals surface area (Å²) in [5.74, 6) is 0. The van der Waals surface area contributed by atoms with Crippen molar-refractivity contribution < 1.29 is 5.11 Å². The second kappa shape index (κ2) is 4.21. The molecule has 0 bridgehead atoms. The summed E-state index contributed by atoms with van der Waals surface area (Å²) in [6.07, 6.45) is 3.24. The maximum absolute atomic E-state index is 9.62. The van der Waals surface area contributed by atoms with E-state index in [0.717, 1.165) is 24.1 Å². The van der Waals surface area contributed by atoms with Crippen LogP contribution in [0.3, 0.4) is 0 Å². The summed E-state index contributed by atoms with van der Waals surface area (Å²) < 4.78 is 0. The van der Waals surface area contributed by atoms with Crippen LogP contribution in [0.1, 0.15) is 37.1 Å². The van der Waals surface area contributed by atoms with E-state index >= 15 is 0 Å². The molecule has 1 N–H and O–H groups in total. The minimum absolute atomic E-state index is 0.323. The zero-order valence-corrected chi connectivity index (χ0v) is 7.62. The Kier molecular flexibility index (Phi) is 3.23. The number of aryl methyl sites for hydroxylation is 1. The normalized spacial score (nSPS) is 12.9. The van der Waals surface area contributed by atoms with Crippen LogP contribution in [0.2, 0.25) is 0 Å². The molecule has 0 aromatic carbocycles. The largest absolute Gasteiger partial charge is 0.388 e. The van der Waals surface area contributed by atoms with E-state index in [2.05, 4.69) is 11.9 Å². The molecule has 12 heavy (non-hydrogen) atoms. The van der Waals surface area contributed by atoms with E-state index in [0.29, 0.717) is 0 Å². The minimum atomic E-state index is -0.323. The SMILES string of the molecule is CCCC(O)c1ccnc(C)c1. The molecule has 2 heteroatoms. The van der Waals surface area contributed by atoms with Gasteiger partial charge in [0.25, 0.3) is 0 Å². The molecule has 0 saturated carbocycles. The Morgan fingerprint density at radius 2 is 2.33 bits per heavy atom. The van der Waals surface area contributed by atoms with Crippen LogP contribution in [-0.2, 0) is 0 Å². The van der Waals surface area contributed by atoms with E-state index in [9.17, 15) is 5.11 Å². The quantitative estimate of drug-likeness (QED) is 0.745. The molecule has 0 amide bonds. The van der Waals surface area contributed by atoms with Crippen LogP contribution in [0, 0.1) is 6.92 Å². The van der Waals surface area contributed by atoms with Gasteiger partial charge in [0.2, 0.25) is 0 Å². The molecule has 0 spiro atoms. The maximum Gasteiger partial charge on any atom is 0.0791 e. The van der Waals surface area contributed by atoms with Gasteiger partial charge in [0.1, 0.15) is 0 Å². The number of rotatable bonds is 3. The van der Waals surface area contributed by atoms with Crippen molar-refractivity contribution in [3.8, 4) is 0 Å². The Bertz CT molecular complexity index is 247. The second-order valence-electron chi connectivity index (χ2n) is 3.04. The van der Waals surface area contributed by atoms with E-state index in [1.807, 2.05) is 19.1 Å². The van der Waals surface area contributed by atoms with Crippen molar-refractivity contribution in [1.29, 1.82) is 0 Å². The first-order chi connectivity index (χ1) is 5.74. The molecule has 66 valence electrons. The Hall–Kier alpha value is -0.890. The molecular weight excluding hydrogens is 150 g/mol. The third kappa shape index (κ3) is 2.31. The summed E-state index contributed by atoms with van der Waals surface area (Å²) in [4.78, 5) is 4.07. The van der Waals surface area contributed by atoms with Crippen molar-refractivity contribution in [3.63, 3.8) is 0 Å². The summed E-state index contributed by atoms with van der Waals surface area (Å²) >= 11 is 0. The van der Waals surface area contributed by atoms with E-state index < -0.39 is 0 Å². The van der Waals surface area contributed by atoms with Gasteiger partial charge in [-0.2, -0.15) is 0 Å². The molecule has 1 rings (SSSR count). The first kappa shape index (κ1) is 9.20. The molecule has 0 aliphatic carbocycles. The molecule has 1 unspecified atom stereocenters. The number of hydrogen-bond donors (Lipinski definition) is 1. The van der Waals surface area contributed by atoms with Gasteiger partial charge in [0.05, 0.1) is 6.10 Å². The summed E-state index contributed by atoms with van der Waals surface area (Å²) in [5.41, 5.74) is 1.94. The highest BCUT2D eigenvalue weighted by Gasteiger charge is 2.05. The molecule has 0 fully saturated rings. The highest BCUT2D eigenvalue weighted by Crippen LogP contribution is 2.17. The number of aromatic nitrogens is 1. The Morgan fingerprint density at radius 1 is 1.58 bits per heavy atom. The van der Waals surface area contributed by atoms with Crippen LogP contribution in [0.25, 0.3) is 0 Å². The van der Waals surface area contributed by atoms with Gasteiger partial charge in [-0.15, -0.1) is 0 Å². The second-order valence-corrected chi connectivity index (χ2v) is 3.04. The fraction of sp³-hybridized carbons (Fsp3) is 0.500. The predicted molar refractivity (Wildman–Crippen MR) is 48.8 cm³/mol. The molecule has 0 saturated heterocycles. The van der Waals surface area contributed by atoms with Crippen LogP contribution in [-0.4, -0.2) is 10.1 Å². The Balaban J connectivity index is 2.73. The Labute approximate surface area is 73.3 Å². The van der Waals surface area contributed by atoms with Gasteiger partial charge in [-0.3, -0.25) is 4.98 Å². The molecule has 0 radical (unpaired) electrons. The summed E-state index contributed by atoms with van der Waals surface area (Å²) in [6.45, 7) is 4.00. The standard InChI is InChI=1S/C10H15NO/c1-3-4-10(12)9-5-6-11-8(2)7-9/h5-7,10,12H,3-4H2,1-2H3. The molecule has 1 heterocycles. The van der Waals surface area contributed by atoms with Crippen molar-refractivity contribution >= 4 is 0 Å². The van der Waals surface area contributed by atoms with Gasteiger partial charge in [-0.25, -0.2) is 0 Å². The van der Waals surface area contributed by atoms with Gasteiger partial charge in [-0.1, -0.05) is 13.3 Å². The van der Waals surface area contributed by atoms with E-state index in [1.165, 1.54) is 0 Å². The van der Waals surface area contributed by atoms with E-state index in [1.54, 1.807) is 6.20 Å². The van der Waals surface area contributed by atoms with Crippen LogP contribution in [0.4, 0.5) is 0 Å². The van der Waals surface area contributed by atoms with Crippen molar-refractivity contribution in [1.82, 2.24) is 4.98 Å². The van der Waals surface area contributed by atoms with Crippen molar-refractivity contribution in [2.45, 2.75) is 32.8 Å². The smallest absolute Gasteiger partial charge is 0.0791 e. The number of nitrogens with zero attached hydrogens (tertiary/aromatic N) is 1. The van der Waals surface area contributed by atoms with Crippen LogP contribution in [0.15, 0.2) is 18.3 Å². The van der Waals surface area contributed by atoms with Gasteiger partial charge in [0, 0.05) is 11.9 Å². The van der Waals surface area contributed by atoms with E-state index in [4.69, 9.17) is 0 Å². The van der Waals surface area contributed by atoms with Gasteiger partial charge >= 0.3 is 0 Å². The lowest BCUT2D eigenvalue weighted by molar-refractivity contribution is 0.166. The first-order valence-electron chi connectivity index (χ1n) is 4.34. The third-order valence-electron chi connectivity index (χ3n) is 1.87. The lowest BCUT2D eigenvalue weighted by Gasteiger charge is -2.09. The average Bonchev–Trinajstić information content (AvgIpc) is 2.05. The molecular formula is C10H15NO. The lowest BCUT2D eigenvalue weighted by Crippen LogP contribution is -1.97. The molecule has 0 aliphatic rings. The fourth-order valence-corrected chi connectivity index (χ4v) is 1.21. The van der Waals surface area contributed by atoms with Crippen LogP contribution < -0.4 is 0 Å². The number of hydrogen-bond acceptors (Lipinski definition) is 2. The predicted octanol–water partition coefficient (Wildman–Crippen LogP) is 2.22. The molecule has 1 aromatic rings. The van der Waals surface area contributed by atoms with Gasteiger partial charge in [0.15, 0.2) is 0 Å². The van der Waals surface area contributed by atoms with E-state index in [-0.39, 0.29) is 6.10 Å². The number of pyridine rings is 1. The Morgan fingerprint density at radius 3 is 2.92 bits per heavy atom. The highest BCUT2D eigenvalue weighted by molar-refractivity contribution is 5.17. The van der Waals surface area contributed by atoms with Crippen LogP contribution in [0.5, 0.6) is 0 Å². The van der Waals surface area contributed by atoms with Crippen molar-refractivity contribution in [3.05, 3.63) is 29.6 Å². The van der Waals surface area contributed by atoms with Crippen molar-refractivity contribution in [2.24, 2.45) is 0 Å². The topological polar surface area (TPSA) is 33.1 Å². The fourth-order valence-electron chi connectivity index (χ4n) is 1.21. The minimum Gasteiger partial charge on any atom is -0.388 e. The summed E-state index contributed by atoms with van der Waals surface area (Å²) in [5, 5.41) is 9.62. The summed E-state index contributed by atoms with van der Waals surface area (Å²) in [7, 11) is 0. The zero-order chi connectivity index (χ0) is 8.97. The first-order valence-corrected chi connectivity index (χ1v) is 4.34. The number of aliphatic hydroxyl groups excluding tert-OH is 1. The molecule has 2 nitrogen and oxygen atoms in total. The van der Waals surface area contributed by atoms with Crippen molar-refractivity contribution in [2.75, 3.05) is 0 Å². The zero-order valence-electron chi connectivity index (χ0n) is 7.62. The van der Waals surface area contributed by atoms with Gasteiger partial charge < -0.3 is 5.11 Å². The molecule has 1 atom stereocenters. The molecule has 0 aliphatic heterocycles. The average molecular weight is 165 g/mol. The lowest BCUT2D eigenvalue weighted by atomic mass is 10.1. The summed E-state index contributed by atoms with van der Waals surface area (Å²) in [6, 6.07) is 3.80. The maximum atomic E-state index is 9.62. The van der Waals surface area contributed by atoms with Crippen LogP contribution >= 0.6 is 0 Å².